The molecule has 2 nitrogen and oxygen atoms in total. The molecule has 13 heavy (non-hydrogen) atoms. The number of carbonyl (C=O) groups excluding carboxylic acids is 1. The van der Waals surface area contributed by atoms with Gasteiger partial charge < -0.3 is 0 Å². The van der Waals surface area contributed by atoms with Crippen LogP contribution >= 0.6 is 12.2 Å². The Morgan fingerprint density at radius 2 is 2.15 bits per heavy atom. The number of hydrogen-bond acceptors (Lipinski definition) is 2. The molecule has 0 aromatic heterocycles. The maximum Gasteiger partial charge on any atom is 0.258 e. The topological polar surface area (TPSA) is 29.4 Å². The Morgan fingerprint density at radius 3 is 2.77 bits per heavy atom. The van der Waals surface area contributed by atoms with Crippen LogP contribution < -0.4 is 0 Å². The van der Waals surface area contributed by atoms with E-state index in [1.54, 1.807) is 0 Å². The highest BCUT2D eigenvalue weighted by molar-refractivity contribution is 7.78. The fourth-order valence-electron chi connectivity index (χ4n) is 1.54. The number of allylic oxidation sites excluding steroid dienone is 1. The van der Waals surface area contributed by atoms with Crippen LogP contribution in [0.15, 0.2) is 16.6 Å². The van der Waals surface area contributed by atoms with Crippen molar-refractivity contribution in [2.75, 3.05) is 0 Å². The van der Waals surface area contributed by atoms with Gasteiger partial charge in [-0.15, -0.1) is 0 Å². The normalized spacial score (nSPS) is 16.2. The van der Waals surface area contributed by atoms with Crippen molar-refractivity contribution in [3.05, 3.63) is 11.6 Å². The van der Waals surface area contributed by atoms with Crippen LogP contribution in [0, 0.1) is 0 Å². The molecule has 1 fully saturated rings. The number of isothiocyanates is 1. The highest BCUT2D eigenvalue weighted by atomic mass is 32.1. The third kappa shape index (κ3) is 4.11. The lowest BCUT2D eigenvalue weighted by atomic mass is 9.94. The zero-order chi connectivity index (χ0) is 9.52. The third-order valence-corrected chi connectivity index (χ3v) is 2.32. The van der Waals surface area contributed by atoms with Crippen molar-refractivity contribution >= 4 is 23.3 Å². The average molecular weight is 195 g/mol. The van der Waals surface area contributed by atoms with E-state index in [1.807, 2.05) is 6.08 Å². The molecule has 0 bridgehead atoms. The van der Waals surface area contributed by atoms with Crippen molar-refractivity contribution in [2.45, 2.75) is 38.5 Å². The predicted molar refractivity (Wildman–Crippen MR) is 55.8 cm³/mol. The van der Waals surface area contributed by atoms with Gasteiger partial charge >= 0.3 is 0 Å². The molecule has 0 aliphatic heterocycles. The summed E-state index contributed by atoms with van der Waals surface area (Å²) in [4.78, 5) is 14.3. The monoisotopic (exact) mass is 195 g/mol. The van der Waals surface area contributed by atoms with Crippen LogP contribution in [0.1, 0.15) is 38.5 Å². The van der Waals surface area contributed by atoms with Gasteiger partial charge in [0.25, 0.3) is 5.91 Å². The van der Waals surface area contributed by atoms with E-state index in [9.17, 15) is 4.79 Å². The molecule has 3 heteroatoms. The summed E-state index contributed by atoms with van der Waals surface area (Å²) in [6, 6.07) is 0. The largest absolute Gasteiger partial charge is 0.272 e. The maximum absolute atomic E-state index is 10.9. The summed E-state index contributed by atoms with van der Waals surface area (Å²) in [7, 11) is 0. The van der Waals surface area contributed by atoms with Gasteiger partial charge in [0.2, 0.25) is 0 Å². The Hall–Kier alpha value is -0.790. The molecule has 0 spiro atoms. The molecule has 0 atom stereocenters. The van der Waals surface area contributed by atoms with Gasteiger partial charge in [0.05, 0.1) is 5.16 Å². The van der Waals surface area contributed by atoms with Crippen molar-refractivity contribution in [3.63, 3.8) is 0 Å². The summed E-state index contributed by atoms with van der Waals surface area (Å²) in [5.41, 5.74) is 1.40. The summed E-state index contributed by atoms with van der Waals surface area (Å²) in [6.07, 6.45) is 8.52. The number of thiocarbonyl (C=S) groups is 1. The number of hydrogen-bond donors (Lipinski definition) is 0. The van der Waals surface area contributed by atoms with Gasteiger partial charge in [-0.3, -0.25) is 4.79 Å². The zero-order valence-corrected chi connectivity index (χ0v) is 8.40. The van der Waals surface area contributed by atoms with Gasteiger partial charge in [0, 0.05) is 6.42 Å². The molecule has 1 rings (SSSR count). The molecule has 0 heterocycles. The lowest BCUT2D eigenvalue weighted by Gasteiger charge is -2.12. The van der Waals surface area contributed by atoms with Gasteiger partial charge in [-0.05, 0) is 37.9 Å². The van der Waals surface area contributed by atoms with E-state index in [4.69, 9.17) is 0 Å². The molecule has 70 valence electrons. The minimum atomic E-state index is -0.187. The standard InChI is InChI=1S/C10H13NOS/c12-10(11-8-13)7-6-9-4-2-1-3-5-9/h6H,1-5,7H2. The minimum Gasteiger partial charge on any atom is -0.272 e. The summed E-state index contributed by atoms with van der Waals surface area (Å²) in [5, 5.41) is 2.08. The van der Waals surface area contributed by atoms with Gasteiger partial charge in [0.15, 0.2) is 0 Å². The number of carbonyl (C=O) groups is 1. The summed E-state index contributed by atoms with van der Waals surface area (Å²) in [6.45, 7) is 0. The fraction of sp³-hybridized carbons (Fsp3) is 0.600. The first-order valence-corrected chi connectivity index (χ1v) is 5.02. The molecule has 1 aliphatic rings. The van der Waals surface area contributed by atoms with Crippen LogP contribution in [0.25, 0.3) is 0 Å². The lowest BCUT2D eigenvalue weighted by molar-refractivity contribution is -0.116. The average Bonchev–Trinajstić information content (AvgIpc) is 2.17. The number of amides is 1. The molecule has 1 aliphatic carbocycles. The van der Waals surface area contributed by atoms with Crippen molar-refractivity contribution in [1.82, 2.24) is 0 Å². The highest BCUT2D eigenvalue weighted by Gasteiger charge is 2.05. The molecule has 0 aromatic rings. The molecular formula is C10H13NOS. The number of aliphatic imine (C=N–C) groups is 1. The minimum absolute atomic E-state index is 0.187. The molecule has 1 amide bonds. The van der Waals surface area contributed by atoms with E-state index >= 15 is 0 Å². The smallest absolute Gasteiger partial charge is 0.258 e. The predicted octanol–water partition coefficient (Wildman–Crippen LogP) is 2.90. The first-order chi connectivity index (χ1) is 6.33. The Kier molecular flexibility index (Phi) is 4.58. The molecule has 0 N–H and O–H groups in total. The van der Waals surface area contributed by atoms with Crippen LogP contribution in [-0.4, -0.2) is 11.1 Å². The van der Waals surface area contributed by atoms with Crippen LogP contribution in [-0.2, 0) is 4.79 Å². The Bertz CT molecular complexity index is 256. The van der Waals surface area contributed by atoms with E-state index in [1.165, 1.54) is 24.8 Å². The second-order valence-electron chi connectivity index (χ2n) is 3.22. The molecular weight excluding hydrogens is 182 g/mol. The van der Waals surface area contributed by atoms with Crippen molar-refractivity contribution in [3.8, 4) is 0 Å². The molecule has 0 aromatic carbocycles. The SMILES string of the molecule is O=C(CC=C1CCCCC1)N=C=S. The number of rotatable bonds is 2. The summed E-state index contributed by atoms with van der Waals surface area (Å²) >= 11 is 4.34. The molecule has 1 saturated carbocycles. The van der Waals surface area contributed by atoms with E-state index in [-0.39, 0.29) is 5.91 Å². The fourth-order valence-corrected chi connectivity index (χ4v) is 1.64. The van der Waals surface area contributed by atoms with Gasteiger partial charge in [-0.25, -0.2) is 0 Å². The van der Waals surface area contributed by atoms with E-state index in [0.29, 0.717) is 6.42 Å². The van der Waals surface area contributed by atoms with E-state index in [2.05, 4.69) is 22.4 Å². The van der Waals surface area contributed by atoms with Crippen LogP contribution in [0.4, 0.5) is 0 Å². The molecule has 0 unspecified atom stereocenters. The first-order valence-electron chi connectivity index (χ1n) is 4.61. The Morgan fingerprint density at radius 1 is 1.46 bits per heavy atom. The Labute approximate surface area is 83.7 Å². The van der Waals surface area contributed by atoms with E-state index in [0.717, 1.165) is 12.8 Å². The van der Waals surface area contributed by atoms with E-state index < -0.39 is 0 Å². The van der Waals surface area contributed by atoms with Gasteiger partial charge in [-0.1, -0.05) is 18.1 Å². The highest BCUT2D eigenvalue weighted by Crippen LogP contribution is 2.22. The van der Waals surface area contributed by atoms with Crippen molar-refractivity contribution in [2.24, 2.45) is 4.99 Å². The number of nitrogens with zero attached hydrogens (tertiary/aromatic N) is 1. The summed E-state index contributed by atoms with van der Waals surface area (Å²) in [5.74, 6) is -0.187. The Balaban J connectivity index is 2.37. The van der Waals surface area contributed by atoms with Gasteiger partial charge in [-0.2, -0.15) is 4.99 Å². The maximum atomic E-state index is 10.9. The second-order valence-corrected chi connectivity index (χ2v) is 3.41. The molecule has 0 radical (unpaired) electrons. The first kappa shape index (κ1) is 10.3. The third-order valence-electron chi connectivity index (χ3n) is 2.23. The quantitative estimate of drug-likeness (QED) is 0.385. The van der Waals surface area contributed by atoms with Crippen LogP contribution in [0.5, 0.6) is 0 Å². The zero-order valence-electron chi connectivity index (χ0n) is 7.58. The molecule has 0 saturated heterocycles. The second kappa shape index (κ2) is 5.79. The van der Waals surface area contributed by atoms with Crippen molar-refractivity contribution < 1.29 is 4.79 Å². The van der Waals surface area contributed by atoms with Crippen molar-refractivity contribution in [1.29, 1.82) is 0 Å². The summed E-state index contributed by atoms with van der Waals surface area (Å²) < 4.78 is 0. The van der Waals surface area contributed by atoms with Crippen LogP contribution in [0.3, 0.4) is 0 Å². The van der Waals surface area contributed by atoms with Crippen LogP contribution in [0.2, 0.25) is 0 Å². The lowest BCUT2D eigenvalue weighted by Crippen LogP contribution is -1.96. The van der Waals surface area contributed by atoms with Gasteiger partial charge in [0.1, 0.15) is 0 Å².